The number of hydrogen-bond donors (Lipinski definition) is 5. The molecule has 2 heterocycles. The quantitative estimate of drug-likeness (QED) is 0.0782. The Hall–Kier alpha value is -4.10. The number of carboxylic acids is 3. The number of ether oxygens (including phenoxy) is 3. The van der Waals surface area contributed by atoms with E-state index in [9.17, 15) is 44.7 Å². The molecule has 2 fully saturated rings. The summed E-state index contributed by atoms with van der Waals surface area (Å²) >= 11 is 0. The fourth-order valence-corrected chi connectivity index (χ4v) is 7.03. The first kappa shape index (κ1) is 38.7. The van der Waals surface area contributed by atoms with Crippen molar-refractivity contribution >= 4 is 23.9 Å². The van der Waals surface area contributed by atoms with E-state index >= 15 is 0 Å². The average molecular weight is 697 g/mol. The molecule has 0 aromatic heterocycles. The van der Waals surface area contributed by atoms with E-state index in [0.717, 1.165) is 31.2 Å². The molecule has 0 unspecified atom stereocenters. The summed E-state index contributed by atoms with van der Waals surface area (Å²) in [7, 11) is 0. The van der Waals surface area contributed by atoms with Crippen molar-refractivity contribution in [1.29, 1.82) is 0 Å². The molecule has 0 amide bonds. The molecular weight excluding hydrogens is 648 g/mol. The smallest absolute Gasteiger partial charge is 0.344 e. The third-order valence-electron chi connectivity index (χ3n) is 9.71. The van der Waals surface area contributed by atoms with E-state index in [1.54, 1.807) is 6.08 Å². The van der Waals surface area contributed by atoms with Gasteiger partial charge in [0.25, 0.3) is 0 Å². The molecule has 5 N–H and O–H groups in total. The van der Waals surface area contributed by atoms with Gasteiger partial charge < -0.3 is 39.7 Å². The summed E-state index contributed by atoms with van der Waals surface area (Å²) in [5.74, 6) is -9.36. The van der Waals surface area contributed by atoms with Gasteiger partial charge in [-0.2, -0.15) is 0 Å². The highest BCUT2D eigenvalue weighted by atomic mass is 16.8. The number of aryl methyl sites for hydroxylation is 1. The summed E-state index contributed by atoms with van der Waals surface area (Å²) in [5, 5.41) is 53.3. The lowest BCUT2D eigenvalue weighted by molar-refractivity contribution is -0.374. The molecular formula is C38H48O12. The number of aliphatic carboxylic acids is 3. The Morgan fingerprint density at radius 3 is 2.12 bits per heavy atom. The van der Waals surface area contributed by atoms with Crippen molar-refractivity contribution in [3.05, 3.63) is 83.9 Å². The standard InChI is InChI=1S/C38H48O12/c1-25(16-13-21-27-17-5-3-6-18-27)14-9-10-22-29(39)48-31-30(40)36(23-12-11-15-26(2)24-28-19-7-4-8-20-28)49-32(33(41)42)37(47,34(43)44)38(31,50-36)35(45)46/h3-9,14,17-20,25-26,30-32,40,47H,10-13,15-16,21-24H2,1-2H3,(H,41,42)(H,43,44)(H,45,46)/b14-9+/t25-,26+,30-,31-,32-,36+,37-,38+/m1/s1. The molecule has 4 rings (SSSR count). The summed E-state index contributed by atoms with van der Waals surface area (Å²) in [6, 6.07) is 20.0. The molecule has 12 heteroatoms. The second-order valence-electron chi connectivity index (χ2n) is 13.6. The Morgan fingerprint density at radius 2 is 1.52 bits per heavy atom. The van der Waals surface area contributed by atoms with Gasteiger partial charge in [-0.1, -0.05) is 99.5 Å². The number of carboxylic acid groups (broad SMARTS) is 3. The Labute approximate surface area is 291 Å². The third kappa shape index (κ3) is 8.26. The van der Waals surface area contributed by atoms with Crippen molar-refractivity contribution in [1.82, 2.24) is 0 Å². The van der Waals surface area contributed by atoms with E-state index in [-0.39, 0.29) is 37.5 Å². The highest BCUT2D eigenvalue weighted by molar-refractivity contribution is 5.98. The van der Waals surface area contributed by atoms with E-state index in [2.05, 4.69) is 19.1 Å². The van der Waals surface area contributed by atoms with Crippen LogP contribution in [0.1, 0.15) is 76.3 Å². The molecule has 2 saturated heterocycles. The number of aliphatic hydroxyl groups excluding tert-OH is 1. The van der Waals surface area contributed by atoms with Crippen molar-refractivity contribution in [2.24, 2.45) is 11.8 Å². The van der Waals surface area contributed by atoms with E-state index in [1.165, 1.54) is 5.56 Å². The maximum absolute atomic E-state index is 13.1. The lowest BCUT2D eigenvalue weighted by Crippen LogP contribution is -2.78. The second-order valence-corrected chi connectivity index (χ2v) is 13.6. The fraction of sp³-hybridized carbons (Fsp3) is 0.526. The van der Waals surface area contributed by atoms with Crippen LogP contribution in [0.15, 0.2) is 72.8 Å². The Kier molecular flexibility index (Phi) is 13.0. The Morgan fingerprint density at radius 1 is 0.880 bits per heavy atom. The number of carbonyl (C=O) groups excluding carboxylic acids is 1. The van der Waals surface area contributed by atoms with Gasteiger partial charge in [0.15, 0.2) is 6.10 Å². The summed E-state index contributed by atoms with van der Waals surface area (Å²) in [5.41, 5.74) is -4.78. The van der Waals surface area contributed by atoms with Crippen molar-refractivity contribution in [3.63, 3.8) is 0 Å². The highest BCUT2D eigenvalue weighted by Crippen LogP contribution is 2.55. The van der Waals surface area contributed by atoms with Gasteiger partial charge in [-0.05, 0) is 61.5 Å². The summed E-state index contributed by atoms with van der Waals surface area (Å²) in [4.78, 5) is 50.7. The van der Waals surface area contributed by atoms with Crippen LogP contribution >= 0.6 is 0 Å². The van der Waals surface area contributed by atoms with Gasteiger partial charge in [-0.3, -0.25) is 4.79 Å². The second kappa shape index (κ2) is 16.7. The van der Waals surface area contributed by atoms with Crippen LogP contribution in [0, 0.1) is 11.8 Å². The minimum Gasteiger partial charge on any atom is -0.479 e. The molecule has 0 saturated carbocycles. The minimum absolute atomic E-state index is 0.190. The van der Waals surface area contributed by atoms with E-state index in [1.807, 2.05) is 61.5 Å². The normalized spacial score (nSPS) is 28.6. The average Bonchev–Trinajstić information content (AvgIpc) is 3.29. The van der Waals surface area contributed by atoms with Crippen LogP contribution in [0.2, 0.25) is 0 Å². The Bertz CT molecular complexity index is 1500. The summed E-state index contributed by atoms with van der Waals surface area (Å²) < 4.78 is 16.6. The molecule has 0 radical (unpaired) electrons. The minimum atomic E-state index is -3.78. The first-order valence-electron chi connectivity index (χ1n) is 17.2. The van der Waals surface area contributed by atoms with Crippen LogP contribution in [0.25, 0.3) is 0 Å². The number of carbonyl (C=O) groups is 4. The van der Waals surface area contributed by atoms with Gasteiger partial charge in [0, 0.05) is 12.8 Å². The topological polar surface area (TPSA) is 197 Å². The predicted octanol–water partition coefficient (Wildman–Crippen LogP) is 4.54. The third-order valence-corrected chi connectivity index (χ3v) is 9.71. The molecule has 2 aromatic rings. The summed E-state index contributed by atoms with van der Waals surface area (Å²) in [6.07, 6.45) is 1.37. The maximum Gasteiger partial charge on any atom is 0.344 e. The number of unbranched alkanes of at least 4 members (excludes halogenated alkanes) is 1. The maximum atomic E-state index is 13.1. The lowest BCUT2D eigenvalue weighted by atomic mass is 9.74. The molecule has 272 valence electrons. The van der Waals surface area contributed by atoms with E-state index < -0.39 is 59.2 Å². The van der Waals surface area contributed by atoms with Gasteiger partial charge in [-0.15, -0.1) is 0 Å². The fourth-order valence-electron chi connectivity index (χ4n) is 7.03. The molecule has 0 aliphatic carbocycles. The number of esters is 1. The van der Waals surface area contributed by atoms with Crippen molar-refractivity contribution in [3.8, 4) is 0 Å². The first-order valence-corrected chi connectivity index (χ1v) is 17.2. The van der Waals surface area contributed by atoms with Crippen LogP contribution in [0.4, 0.5) is 0 Å². The first-order chi connectivity index (χ1) is 23.8. The van der Waals surface area contributed by atoms with Crippen molar-refractivity contribution in [2.45, 2.75) is 113 Å². The predicted molar refractivity (Wildman–Crippen MR) is 180 cm³/mol. The zero-order chi connectivity index (χ0) is 36.5. The SMILES string of the molecule is C[C@@H](CCCC[C@]12O[C@H](C(=O)O)[C@@](O)(C(=O)O)[C@](C(=O)O)(O1)[C@H](OC(=O)CC/C=C/[C@@H](C)CCCc1ccccc1)[C@H]2O)Cc1ccccc1. The van der Waals surface area contributed by atoms with Crippen LogP contribution in [-0.4, -0.2) is 84.7 Å². The molecule has 2 aromatic carbocycles. The van der Waals surface area contributed by atoms with Gasteiger partial charge >= 0.3 is 23.9 Å². The number of rotatable bonds is 19. The van der Waals surface area contributed by atoms with Gasteiger partial charge in [0.2, 0.25) is 23.1 Å². The van der Waals surface area contributed by atoms with Gasteiger partial charge in [0.05, 0.1) is 0 Å². The molecule has 2 bridgehead atoms. The van der Waals surface area contributed by atoms with Crippen LogP contribution in [0.3, 0.4) is 0 Å². The number of fused-ring (bicyclic) bond motifs is 2. The lowest BCUT2D eigenvalue weighted by Gasteiger charge is -2.48. The van der Waals surface area contributed by atoms with Crippen LogP contribution in [0.5, 0.6) is 0 Å². The molecule has 8 atom stereocenters. The molecule has 12 nitrogen and oxygen atoms in total. The largest absolute Gasteiger partial charge is 0.479 e. The van der Waals surface area contributed by atoms with E-state index in [4.69, 9.17) is 14.2 Å². The highest BCUT2D eigenvalue weighted by Gasteiger charge is 2.85. The molecule has 50 heavy (non-hydrogen) atoms. The molecule has 2 aliphatic rings. The van der Waals surface area contributed by atoms with Gasteiger partial charge in [-0.25, -0.2) is 14.4 Å². The monoisotopic (exact) mass is 696 g/mol. The van der Waals surface area contributed by atoms with Crippen molar-refractivity contribution in [2.75, 3.05) is 0 Å². The number of benzene rings is 2. The van der Waals surface area contributed by atoms with Crippen molar-refractivity contribution < 1.29 is 58.9 Å². The van der Waals surface area contributed by atoms with Gasteiger partial charge in [0.1, 0.15) is 6.10 Å². The Balaban J connectivity index is 1.44. The summed E-state index contributed by atoms with van der Waals surface area (Å²) in [6.45, 7) is 4.10. The zero-order valence-corrected chi connectivity index (χ0v) is 28.5. The molecule has 2 aliphatic heterocycles. The van der Waals surface area contributed by atoms with E-state index in [0.29, 0.717) is 12.8 Å². The number of aliphatic hydroxyl groups is 2. The number of allylic oxidation sites excluding steroid dienone is 2. The zero-order valence-electron chi connectivity index (χ0n) is 28.5. The molecule has 0 spiro atoms. The number of hydrogen-bond acceptors (Lipinski definition) is 9. The van der Waals surface area contributed by atoms with Crippen LogP contribution < -0.4 is 0 Å². The van der Waals surface area contributed by atoms with Crippen LogP contribution in [-0.2, 0) is 46.2 Å².